The summed E-state index contributed by atoms with van der Waals surface area (Å²) in [5.41, 5.74) is 0.728. The van der Waals surface area contributed by atoms with Gasteiger partial charge in [0.2, 0.25) is 0 Å². The third-order valence-corrected chi connectivity index (χ3v) is 5.18. The fraction of sp³-hybridized carbons (Fsp3) is 0.389. The molecule has 2 fully saturated rings. The second-order valence-corrected chi connectivity index (χ2v) is 6.35. The minimum atomic E-state index is -0.227. The normalized spacial score (nSPS) is 30.5. The van der Waals surface area contributed by atoms with Gasteiger partial charge in [0.1, 0.15) is 0 Å². The maximum absolute atomic E-state index is 12.5. The van der Waals surface area contributed by atoms with Crippen LogP contribution < -0.4 is 9.47 Å². The molecule has 1 heterocycles. The Hall–Kier alpha value is -2.63. The first-order valence-corrected chi connectivity index (χ1v) is 7.96. The lowest BCUT2D eigenvalue weighted by Gasteiger charge is -2.13. The molecule has 0 aromatic heterocycles. The highest BCUT2D eigenvalue weighted by atomic mass is 16.5. The van der Waals surface area contributed by atoms with E-state index in [2.05, 4.69) is 17.3 Å². The number of rotatable bonds is 4. The molecule has 2 bridgehead atoms. The number of hydrogen-bond acceptors (Lipinski definition) is 5. The van der Waals surface area contributed by atoms with Crippen LogP contribution in [0.3, 0.4) is 0 Å². The van der Waals surface area contributed by atoms with Crippen LogP contribution in [0.15, 0.2) is 35.5 Å². The topological polar surface area (TPSA) is 68.2 Å². The quantitative estimate of drug-likeness (QED) is 0.481. The zero-order valence-electron chi connectivity index (χ0n) is 13.5. The SMILES string of the molecule is COc1ccc(C=NN2C(=O)[C@@H]3[C@H](C2=O)[C@H]2C=C[C@H]3C2)cc1OC. The summed E-state index contributed by atoms with van der Waals surface area (Å²) >= 11 is 0. The molecule has 6 nitrogen and oxygen atoms in total. The van der Waals surface area contributed by atoms with E-state index in [1.165, 1.54) is 6.21 Å². The van der Waals surface area contributed by atoms with E-state index < -0.39 is 0 Å². The first kappa shape index (κ1) is 14.9. The first-order valence-electron chi connectivity index (χ1n) is 7.96. The van der Waals surface area contributed by atoms with Gasteiger partial charge in [0.25, 0.3) is 11.8 Å². The van der Waals surface area contributed by atoms with Gasteiger partial charge >= 0.3 is 0 Å². The van der Waals surface area contributed by atoms with Crippen molar-refractivity contribution < 1.29 is 19.1 Å². The molecule has 1 saturated carbocycles. The first-order chi connectivity index (χ1) is 11.6. The van der Waals surface area contributed by atoms with Crippen molar-refractivity contribution in [2.24, 2.45) is 28.8 Å². The van der Waals surface area contributed by atoms with Crippen molar-refractivity contribution in [2.75, 3.05) is 14.2 Å². The zero-order valence-corrected chi connectivity index (χ0v) is 13.5. The summed E-state index contributed by atoms with van der Waals surface area (Å²) in [5, 5.41) is 5.19. The number of nitrogens with zero attached hydrogens (tertiary/aromatic N) is 2. The number of hydrogen-bond donors (Lipinski definition) is 0. The Balaban J connectivity index is 1.57. The fourth-order valence-electron chi connectivity index (χ4n) is 4.06. The molecule has 0 spiro atoms. The predicted molar refractivity (Wildman–Crippen MR) is 86.7 cm³/mol. The number of methoxy groups -OCH3 is 2. The molecule has 6 heteroatoms. The summed E-state index contributed by atoms with van der Waals surface area (Å²) in [6, 6.07) is 5.30. The van der Waals surface area contributed by atoms with Crippen molar-refractivity contribution in [3.8, 4) is 11.5 Å². The molecule has 1 aliphatic heterocycles. The molecule has 2 amide bonds. The molecule has 0 unspecified atom stereocenters. The Bertz CT molecular complexity index is 740. The van der Waals surface area contributed by atoms with Crippen molar-refractivity contribution in [2.45, 2.75) is 6.42 Å². The smallest absolute Gasteiger partial charge is 0.254 e. The van der Waals surface area contributed by atoms with Crippen LogP contribution in [0.2, 0.25) is 0 Å². The summed E-state index contributed by atoms with van der Waals surface area (Å²) in [7, 11) is 3.12. The van der Waals surface area contributed by atoms with Gasteiger partial charge in [-0.15, -0.1) is 0 Å². The molecule has 4 atom stereocenters. The van der Waals surface area contributed by atoms with E-state index >= 15 is 0 Å². The summed E-state index contributed by atoms with van der Waals surface area (Å²) in [6.07, 6.45) is 6.56. The molecule has 1 aromatic carbocycles. The van der Waals surface area contributed by atoms with Gasteiger partial charge in [-0.1, -0.05) is 12.2 Å². The van der Waals surface area contributed by atoms with Gasteiger partial charge in [-0.3, -0.25) is 9.59 Å². The monoisotopic (exact) mass is 326 g/mol. The standard InChI is InChI=1S/C18H18N2O4/c1-23-13-6-3-10(7-14(13)24-2)9-19-20-17(21)15-11-4-5-12(8-11)16(15)18(20)22/h3-7,9,11-12,15-16H,8H2,1-2H3/t11-,12-,15-,16+/m0/s1. The van der Waals surface area contributed by atoms with Crippen molar-refractivity contribution in [3.63, 3.8) is 0 Å². The Labute approximate surface area is 139 Å². The van der Waals surface area contributed by atoms with Gasteiger partial charge in [-0.05, 0) is 42.0 Å². The number of ether oxygens (including phenoxy) is 2. The van der Waals surface area contributed by atoms with Gasteiger partial charge < -0.3 is 9.47 Å². The van der Waals surface area contributed by atoms with Crippen molar-refractivity contribution in [1.29, 1.82) is 0 Å². The molecule has 4 rings (SSSR count). The van der Waals surface area contributed by atoms with Gasteiger partial charge in [0.15, 0.2) is 11.5 Å². The fourth-order valence-corrected chi connectivity index (χ4v) is 4.06. The highest BCUT2D eigenvalue weighted by Gasteiger charge is 2.59. The van der Waals surface area contributed by atoms with Crippen LogP contribution in [0.1, 0.15) is 12.0 Å². The maximum Gasteiger partial charge on any atom is 0.254 e. The summed E-state index contributed by atoms with van der Waals surface area (Å²) in [4.78, 5) is 25.1. The van der Waals surface area contributed by atoms with Gasteiger partial charge in [0, 0.05) is 0 Å². The Morgan fingerprint density at radius 1 is 1.04 bits per heavy atom. The van der Waals surface area contributed by atoms with Crippen LogP contribution in [0.25, 0.3) is 0 Å². The summed E-state index contributed by atoms with van der Waals surface area (Å²) in [6.45, 7) is 0. The average Bonchev–Trinajstić information content (AvgIpc) is 3.27. The Morgan fingerprint density at radius 3 is 2.25 bits per heavy atom. The molecular formula is C18H18N2O4. The van der Waals surface area contributed by atoms with E-state index in [1.54, 1.807) is 32.4 Å². The van der Waals surface area contributed by atoms with Crippen LogP contribution in [0.4, 0.5) is 0 Å². The minimum Gasteiger partial charge on any atom is -0.493 e. The number of benzene rings is 1. The van der Waals surface area contributed by atoms with E-state index in [0.717, 1.165) is 17.0 Å². The third-order valence-electron chi connectivity index (χ3n) is 5.18. The lowest BCUT2D eigenvalue weighted by molar-refractivity contribution is -0.140. The highest BCUT2D eigenvalue weighted by molar-refractivity contribution is 6.06. The number of imide groups is 1. The van der Waals surface area contributed by atoms with Gasteiger partial charge in [-0.2, -0.15) is 10.1 Å². The molecule has 0 N–H and O–H groups in total. The molecule has 1 aromatic rings. The van der Waals surface area contributed by atoms with Crippen LogP contribution >= 0.6 is 0 Å². The number of amides is 2. The van der Waals surface area contributed by atoms with Crippen LogP contribution in [-0.4, -0.2) is 37.3 Å². The largest absolute Gasteiger partial charge is 0.493 e. The van der Waals surface area contributed by atoms with Crippen LogP contribution in [0, 0.1) is 23.7 Å². The number of hydrazone groups is 1. The number of carbonyl (C=O) groups excluding carboxylic acids is 2. The van der Waals surface area contributed by atoms with E-state index in [-0.39, 0.29) is 35.5 Å². The van der Waals surface area contributed by atoms with E-state index in [1.807, 2.05) is 0 Å². The lowest BCUT2D eigenvalue weighted by atomic mass is 9.85. The molecule has 24 heavy (non-hydrogen) atoms. The molecule has 3 aliphatic rings. The molecule has 1 saturated heterocycles. The molecule has 0 radical (unpaired) electrons. The lowest BCUT2D eigenvalue weighted by Crippen LogP contribution is -2.28. The predicted octanol–water partition coefficient (Wildman–Crippen LogP) is 1.84. The van der Waals surface area contributed by atoms with Crippen LogP contribution in [0.5, 0.6) is 11.5 Å². The minimum absolute atomic E-state index is 0.182. The summed E-state index contributed by atoms with van der Waals surface area (Å²) in [5.74, 6) is 0.748. The van der Waals surface area contributed by atoms with E-state index in [0.29, 0.717) is 11.5 Å². The second kappa shape index (κ2) is 5.47. The number of fused-ring (bicyclic) bond motifs is 5. The maximum atomic E-state index is 12.5. The molecular weight excluding hydrogens is 308 g/mol. The van der Waals surface area contributed by atoms with Crippen LogP contribution in [-0.2, 0) is 9.59 Å². The van der Waals surface area contributed by atoms with Crippen molar-refractivity contribution in [1.82, 2.24) is 5.01 Å². The summed E-state index contributed by atoms with van der Waals surface area (Å²) < 4.78 is 10.4. The molecule has 2 aliphatic carbocycles. The zero-order chi connectivity index (χ0) is 16.8. The molecule has 124 valence electrons. The van der Waals surface area contributed by atoms with E-state index in [4.69, 9.17) is 9.47 Å². The average molecular weight is 326 g/mol. The number of carbonyl (C=O) groups is 2. The third kappa shape index (κ3) is 2.06. The highest BCUT2D eigenvalue weighted by Crippen LogP contribution is 2.52. The van der Waals surface area contributed by atoms with Gasteiger partial charge in [-0.25, -0.2) is 0 Å². The van der Waals surface area contributed by atoms with Crippen molar-refractivity contribution in [3.05, 3.63) is 35.9 Å². The Kier molecular flexibility index (Phi) is 3.40. The van der Waals surface area contributed by atoms with Crippen molar-refractivity contribution >= 4 is 18.0 Å². The number of allylic oxidation sites excluding steroid dienone is 2. The van der Waals surface area contributed by atoms with Gasteiger partial charge in [0.05, 0.1) is 32.3 Å². The van der Waals surface area contributed by atoms with E-state index in [9.17, 15) is 9.59 Å². The second-order valence-electron chi connectivity index (χ2n) is 6.35. The Morgan fingerprint density at radius 2 is 1.67 bits per heavy atom.